The second kappa shape index (κ2) is 5.56. The van der Waals surface area contributed by atoms with E-state index in [2.05, 4.69) is 15.6 Å². The molecule has 2 aliphatic rings. The highest BCUT2D eigenvalue weighted by Gasteiger charge is 2.36. The predicted octanol–water partition coefficient (Wildman–Crippen LogP) is 1.01. The minimum Gasteiger partial charge on any atom is -0.366 e. The van der Waals surface area contributed by atoms with Crippen molar-refractivity contribution in [1.82, 2.24) is 15.6 Å². The average molecular weight is 281 g/mol. The lowest BCUT2D eigenvalue weighted by atomic mass is 10.1. The van der Waals surface area contributed by atoms with E-state index in [1.54, 1.807) is 11.3 Å². The summed E-state index contributed by atoms with van der Waals surface area (Å²) in [7, 11) is 0. The van der Waals surface area contributed by atoms with Gasteiger partial charge in [0.05, 0.1) is 12.6 Å². The Balaban J connectivity index is 1.66. The summed E-state index contributed by atoms with van der Waals surface area (Å²) < 4.78 is 5.49. The lowest BCUT2D eigenvalue weighted by Crippen LogP contribution is -2.48. The first-order valence-electron chi connectivity index (χ1n) is 6.79. The fraction of sp³-hybridized carbons (Fsp3) is 0.692. The Kier molecular flexibility index (Phi) is 3.81. The number of carbonyl (C=O) groups excluding carboxylic acids is 1. The summed E-state index contributed by atoms with van der Waals surface area (Å²) >= 11 is 1.63. The molecule has 6 heteroatoms. The Morgan fingerprint density at radius 3 is 3.05 bits per heavy atom. The first kappa shape index (κ1) is 13.0. The molecular formula is C13H19N3O2S. The number of amides is 1. The van der Waals surface area contributed by atoms with Crippen molar-refractivity contribution in [3.05, 3.63) is 16.1 Å². The van der Waals surface area contributed by atoms with Gasteiger partial charge in [0, 0.05) is 24.2 Å². The number of rotatable bonds is 4. The molecule has 1 saturated carbocycles. The van der Waals surface area contributed by atoms with Crippen molar-refractivity contribution in [3.8, 4) is 0 Å². The zero-order chi connectivity index (χ0) is 13.2. The van der Waals surface area contributed by atoms with E-state index in [4.69, 9.17) is 4.74 Å². The molecule has 0 aromatic carbocycles. The van der Waals surface area contributed by atoms with Crippen molar-refractivity contribution >= 4 is 17.2 Å². The van der Waals surface area contributed by atoms with E-state index >= 15 is 0 Å². The van der Waals surface area contributed by atoms with E-state index in [1.165, 1.54) is 12.8 Å². The third-order valence-electron chi connectivity index (χ3n) is 3.51. The molecule has 0 radical (unpaired) electrons. The highest BCUT2D eigenvalue weighted by molar-refractivity contribution is 7.09. The van der Waals surface area contributed by atoms with E-state index in [9.17, 15) is 4.79 Å². The molecule has 2 N–H and O–H groups in total. The van der Waals surface area contributed by atoms with Crippen LogP contribution in [0, 0.1) is 12.8 Å². The number of morpholine rings is 1. The van der Waals surface area contributed by atoms with E-state index in [1.807, 2.05) is 12.3 Å². The van der Waals surface area contributed by atoms with E-state index in [-0.39, 0.29) is 18.1 Å². The van der Waals surface area contributed by atoms with Crippen LogP contribution in [0.15, 0.2) is 5.38 Å². The van der Waals surface area contributed by atoms with Crippen LogP contribution in [0.25, 0.3) is 0 Å². The Labute approximate surface area is 116 Å². The van der Waals surface area contributed by atoms with Gasteiger partial charge in [-0.1, -0.05) is 0 Å². The maximum atomic E-state index is 12.2. The number of nitrogens with zero attached hydrogens (tertiary/aromatic N) is 1. The fourth-order valence-electron chi connectivity index (χ4n) is 2.31. The number of hydrogen-bond donors (Lipinski definition) is 2. The SMILES string of the molecule is Cc1csc(C(NC(=O)C2CNCCO2)C2CC2)n1. The predicted molar refractivity (Wildman–Crippen MR) is 73.1 cm³/mol. The molecule has 19 heavy (non-hydrogen) atoms. The first-order chi connectivity index (χ1) is 9.24. The van der Waals surface area contributed by atoms with Crippen LogP contribution in [0.1, 0.15) is 29.6 Å². The maximum Gasteiger partial charge on any atom is 0.251 e. The quantitative estimate of drug-likeness (QED) is 0.864. The molecule has 1 amide bonds. The summed E-state index contributed by atoms with van der Waals surface area (Å²) in [6.07, 6.45) is 1.98. The highest BCUT2D eigenvalue weighted by Crippen LogP contribution is 2.41. The van der Waals surface area contributed by atoms with Crippen LogP contribution in [0.4, 0.5) is 0 Å². The van der Waals surface area contributed by atoms with Gasteiger partial charge >= 0.3 is 0 Å². The lowest BCUT2D eigenvalue weighted by molar-refractivity contribution is -0.135. The van der Waals surface area contributed by atoms with E-state index in [0.717, 1.165) is 17.2 Å². The van der Waals surface area contributed by atoms with Crippen LogP contribution in [-0.2, 0) is 9.53 Å². The van der Waals surface area contributed by atoms with Gasteiger partial charge in [-0.3, -0.25) is 4.79 Å². The van der Waals surface area contributed by atoms with Crippen molar-refractivity contribution in [3.63, 3.8) is 0 Å². The summed E-state index contributed by atoms with van der Waals surface area (Å²) in [4.78, 5) is 16.7. The van der Waals surface area contributed by atoms with Gasteiger partial charge in [-0.25, -0.2) is 4.98 Å². The zero-order valence-electron chi connectivity index (χ0n) is 11.0. The zero-order valence-corrected chi connectivity index (χ0v) is 11.8. The monoisotopic (exact) mass is 281 g/mol. The normalized spacial score (nSPS) is 25.0. The van der Waals surface area contributed by atoms with Gasteiger partial charge in [0.15, 0.2) is 0 Å². The summed E-state index contributed by atoms with van der Waals surface area (Å²) in [6.45, 7) is 4.00. The first-order valence-corrected chi connectivity index (χ1v) is 7.67. The summed E-state index contributed by atoms with van der Waals surface area (Å²) in [6, 6.07) is 0.0664. The number of carbonyl (C=O) groups is 1. The topological polar surface area (TPSA) is 63.2 Å². The summed E-state index contributed by atoms with van der Waals surface area (Å²) in [5.41, 5.74) is 1.02. The van der Waals surface area contributed by atoms with Crippen LogP contribution in [0.2, 0.25) is 0 Å². The van der Waals surface area contributed by atoms with Gasteiger partial charge in [-0.15, -0.1) is 11.3 Å². The van der Waals surface area contributed by atoms with Crippen molar-refractivity contribution in [2.24, 2.45) is 5.92 Å². The second-order valence-electron chi connectivity index (χ2n) is 5.21. The molecule has 1 saturated heterocycles. The van der Waals surface area contributed by atoms with Crippen molar-refractivity contribution in [2.75, 3.05) is 19.7 Å². The highest BCUT2D eigenvalue weighted by atomic mass is 32.1. The number of aromatic nitrogens is 1. The smallest absolute Gasteiger partial charge is 0.251 e. The molecule has 0 spiro atoms. The van der Waals surface area contributed by atoms with Crippen LogP contribution < -0.4 is 10.6 Å². The molecule has 0 bridgehead atoms. The molecular weight excluding hydrogens is 262 g/mol. The number of nitrogens with one attached hydrogen (secondary N) is 2. The number of ether oxygens (including phenoxy) is 1. The molecule has 2 heterocycles. The molecule has 1 aliphatic heterocycles. The van der Waals surface area contributed by atoms with Gasteiger partial charge in [-0.2, -0.15) is 0 Å². The fourth-order valence-corrected chi connectivity index (χ4v) is 3.24. The van der Waals surface area contributed by atoms with Gasteiger partial charge in [0.1, 0.15) is 11.1 Å². The van der Waals surface area contributed by atoms with Crippen molar-refractivity contribution in [1.29, 1.82) is 0 Å². The standard InChI is InChI=1S/C13H19N3O2S/c1-8-7-19-13(15-8)11(9-2-3-9)16-12(17)10-6-14-4-5-18-10/h7,9-11,14H,2-6H2,1H3,(H,16,17). The minimum atomic E-state index is -0.365. The molecule has 1 aliphatic carbocycles. The van der Waals surface area contributed by atoms with Gasteiger partial charge in [0.2, 0.25) is 0 Å². The number of hydrogen-bond acceptors (Lipinski definition) is 5. The molecule has 1 aromatic rings. The van der Waals surface area contributed by atoms with Crippen molar-refractivity contribution < 1.29 is 9.53 Å². The molecule has 104 valence electrons. The third kappa shape index (κ3) is 3.13. The number of aryl methyl sites for hydroxylation is 1. The Morgan fingerprint density at radius 2 is 2.47 bits per heavy atom. The molecule has 2 unspecified atom stereocenters. The summed E-state index contributed by atoms with van der Waals surface area (Å²) in [5, 5.41) is 9.36. The van der Waals surface area contributed by atoms with Crippen molar-refractivity contribution in [2.45, 2.75) is 31.9 Å². The Bertz CT molecular complexity index is 452. The molecule has 2 fully saturated rings. The van der Waals surface area contributed by atoms with E-state index < -0.39 is 0 Å². The molecule has 3 rings (SSSR count). The third-order valence-corrected chi connectivity index (χ3v) is 4.56. The van der Waals surface area contributed by atoms with Gasteiger partial charge in [0.25, 0.3) is 5.91 Å². The van der Waals surface area contributed by atoms with E-state index in [0.29, 0.717) is 19.1 Å². The van der Waals surface area contributed by atoms with Crippen LogP contribution in [0.5, 0.6) is 0 Å². The molecule has 5 nitrogen and oxygen atoms in total. The van der Waals surface area contributed by atoms with Gasteiger partial charge < -0.3 is 15.4 Å². The largest absolute Gasteiger partial charge is 0.366 e. The molecule has 1 aromatic heterocycles. The maximum absolute atomic E-state index is 12.2. The average Bonchev–Trinajstić information content (AvgIpc) is 3.19. The van der Waals surface area contributed by atoms with Crippen LogP contribution in [0.3, 0.4) is 0 Å². The molecule has 2 atom stereocenters. The van der Waals surface area contributed by atoms with Crippen LogP contribution >= 0.6 is 11.3 Å². The Morgan fingerprint density at radius 1 is 1.63 bits per heavy atom. The summed E-state index contributed by atoms with van der Waals surface area (Å²) in [5.74, 6) is 0.531. The minimum absolute atomic E-state index is 0.0167. The lowest BCUT2D eigenvalue weighted by Gasteiger charge is -2.25. The Hall–Kier alpha value is -0.980. The second-order valence-corrected chi connectivity index (χ2v) is 6.10. The van der Waals surface area contributed by atoms with Gasteiger partial charge in [-0.05, 0) is 25.7 Å². The number of thiazole rings is 1. The van der Waals surface area contributed by atoms with Crippen LogP contribution in [-0.4, -0.2) is 36.7 Å².